The molecule has 0 aromatic heterocycles. The van der Waals surface area contributed by atoms with E-state index in [9.17, 15) is 9.18 Å². The smallest absolute Gasteiger partial charge is 0.234 e. The van der Waals surface area contributed by atoms with Gasteiger partial charge in [-0.3, -0.25) is 4.79 Å². The van der Waals surface area contributed by atoms with Crippen LogP contribution >= 0.6 is 11.8 Å². The second-order valence-corrected chi connectivity index (χ2v) is 6.91. The van der Waals surface area contributed by atoms with E-state index < -0.39 is 0 Å². The number of amides is 1. The molecule has 3 nitrogen and oxygen atoms in total. The lowest BCUT2D eigenvalue weighted by Crippen LogP contribution is -2.30. The van der Waals surface area contributed by atoms with Gasteiger partial charge in [0.05, 0.1) is 11.4 Å². The maximum absolute atomic E-state index is 14.3. The molecule has 1 amide bonds. The lowest BCUT2D eigenvalue weighted by atomic mass is 10.1. The van der Waals surface area contributed by atoms with Crippen molar-refractivity contribution in [2.45, 2.75) is 24.2 Å². The third-order valence-electron chi connectivity index (χ3n) is 4.04. The van der Waals surface area contributed by atoms with Crippen molar-refractivity contribution in [1.82, 2.24) is 0 Å². The van der Waals surface area contributed by atoms with Crippen LogP contribution in [0.3, 0.4) is 0 Å². The van der Waals surface area contributed by atoms with Gasteiger partial charge in [-0.1, -0.05) is 18.2 Å². The van der Waals surface area contributed by atoms with Crippen LogP contribution in [0.15, 0.2) is 53.4 Å². The van der Waals surface area contributed by atoms with Crippen molar-refractivity contribution in [1.29, 1.82) is 0 Å². The molecule has 3 rings (SSSR count). The second kappa shape index (κ2) is 8.20. The zero-order valence-corrected chi connectivity index (χ0v) is 14.3. The SMILES string of the molecule is O=C(CSc1ccccc1)Nc1ccc(N2CCCCC2)c(F)c1. The number of benzene rings is 2. The summed E-state index contributed by atoms with van der Waals surface area (Å²) in [5.74, 6) is -0.0983. The third kappa shape index (κ3) is 4.51. The van der Waals surface area contributed by atoms with Gasteiger partial charge in [0.25, 0.3) is 0 Å². The van der Waals surface area contributed by atoms with Crippen LogP contribution in [0.4, 0.5) is 15.8 Å². The monoisotopic (exact) mass is 344 g/mol. The van der Waals surface area contributed by atoms with Crippen molar-refractivity contribution < 1.29 is 9.18 Å². The number of carbonyl (C=O) groups is 1. The Kier molecular flexibility index (Phi) is 5.75. The van der Waals surface area contributed by atoms with Gasteiger partial charge in [0.2, 0.25) is 5.91 Å². The molecule has 24 heavy (non-hydrogen) atoms. The van der Waals surface area contributed by atoms with Gasteiger partial charge in [-0.2, -0.15) is 0 Å². The van der Waals surface area contributed by atoms with Crippen molar-refractivity contribution in [2.75, 3.05) is 29.1 Å². The molecular weight excluding hydrogens is 323 g/mol. The van der Waals surface area contributed by atoms with Gasteiger partial charge in [0, 0.05) is 23.7 Å². The highest BCUT2D eigenvalue weighted by Gasteiger charge is 2.15. The molecule has 2 aromatic carbocycles. The minimum atomic E-state index is -0.273. The maximum Gasteiger partial charge on any atom is 0.234 e. The van der Waals surface area contributed by atoms with E-state index in [4.69, 9.17) is 0 Å². The van der Waals surface area contributed by atoms with Crippen LogP contribution in [0.1, 0.15) is 19.3 Å². The fraction of sp³-hybridized carbons (Fsp3) is 0.316. The maximum atomic E-state index is 14.3. The molecule has 0 bridgehead atoms. The van der Waals surface area contributed by atoms with Gasteiger partial charge in [-0.15, -0.1) is 11.8 Å². The number of piperidine rings is 1. The van der Waals surface area contributed by atoms with Gasteiger partial charge >= 0.3 is 0 Å². The van der Waals surface area contributed by atoms with Crippen molar-refractivity contribution in [3.63, 3.8) is 0 Å². The minimum Gasteiger partial charge on any atom is -0.369 e. The number of nitrogens with zero attached hydrogens (tertiary/aromatic N) is 1. The Hall–Kier alpha value is -2.01. The van der Waals surface area contributed by atoms with Crippen molar-refractivity contribution in [3.8, 4) is 0 Å². The Bertz CT molecular complexity index is 687. The molecule has 0 atom stereocenters. The van der Waals surface area contributed by atoms with E-state index in [-0.39, 0.29) is 11.7 Å². The highest BCUT2D eigenvalue weighted by Crippen LogP contribution is 2.26. The zero-order valence-electron chi connectivity index (χ0n) is 13.5. The van der Waals surface area contributed by atoms with E-state index in [0.29, 0.717) is 17.1 Å². The molecular formula is C19H21FN2OS. The minimum absolute atomic E-state index is 0.131. The van der Waals surface area contributed by atoms with Gasteiger partial charge in [-0.05, 0) is 49.6 Å². The molecule has 126 valence electrons. The molecule has 1 saturated heterocycles. The van der Waals surface area contributed by atoms with Crippen LogP contribution in [-0.4, -0.2) is 24.7 Å². The Morgan fingerprint density at radius 3 is 2.54 bits per heavy atom. The molecule has 1 aliphatic heterocycles. The fourth-order valence-corrected chi connectivity index (χ4v) is 3.56. The molecule has 1 fully saturated rings. The normalized spacial score (nSPS) is 14.5. The summed E-state index contributed by atoms with van der Waals surface area (Å²) >= 11 is 1.46. The molecule has 1 heterocycles. The highest BCUT2D eigenvalue weighted by atomic mass is 32.2. The molecule has 1 aliphatic rings. The van der Waals surface area contributed by atoms with Gasteiger partial charge in [0.1, 0.15) is 5.82 Å². The van der Waals surface area contributed by atoms with E-state index >= 15 is 0 Å². The fourth-order valence-electron chi connectivity index (χ4n) is 2.84. The van der Waals surface area contributed by atoms with Crippen LogP contribution in [0.2, 0.25) is 0 Å². The van der Waals surface area contributed by atoms with Crippen LogP contribution in [0.25, 0.3) is 0 Å². The Balaban J connectivity index is 1.57. The largest absolute Gasteiger partial charge is 0.369 e. The highest BCUT2D eigenvalue weighted by molar-refractivity contribution is 8.00. The van der Waals surface area contributed by atoms with Crippen molar-refractivity contribution in [3.05, 3.63) is 54.3 Å². The number of halogens is 1. The lowest BCUT2D eigenvalue weighted by molar-refractivity contribution is -0.113. The summed E-state index contributed by atoms with van der Waals surface area (Å²) in [4.78, 5) is 15.1. The number of hydrogen-bond acceptors (Lipinski definition) is 3. The molecule has 1 N–H and O–H groups in total. The van der Waals surface area contributed by atoms with E-state index in [1.165, 1.54) is 24.2 Å². The Morgan fingerprint density at radius 1 is 1.08 bits per heavy atom. The predicted octanol–water partition coefficient (Wildman–Crippen LogP) is 4.55. The first-order valence-corrected chi connectivity index (χ1v) is 9.23. The number of rotatable bonds is 5. The summed E-state index contributed by atoms with van der Waals surface area (Å²) in [5, 5.41) is 2.76. The first kappa shape index (κ1) is 16.8. The first-order valence-electron chi connectivity index (χ1n) is 8.24. The van der Waals surface area contributed by atoms with Crippen LogP contribution in [0.5, 0.6) is 0 Å². The Morgan fingerprint density at radius 2 is 1.83 bits per heavy atom. The third-order valence-corrected chi connectivity index (χ3v) is 5.05. The number of carbonyl (C=O) groups excluding carboxylic acids is 1. The molecule has 5 heteroatoms. The zero-order chi connectivity index (χ0) is 16.8. The van der Waals surface area contributed by atoms with Crippen LogP contribution in [-0.2, 0) is 4.79 Å². The second-order valence-electron chi connectivity index (χ2n) is 5.86. The summed E-state index contributed by atoms with van der Waals surface area (Å²) in [5.41, 5.74) is 1.14. The lowest BCUT2D eigenvalue weighted by Gasteiger charge is -2.29. The summed E-state index contributed by atoms with van der Waals surface area (Å²) in [7, 11) is 0. The molecule has 0 saturated carbocycles. The van der Waals surface area contributed by atoms with E-state index in [1.54, 1.807) is 12.1 Å². The predicted molar refractivity (Wildman–Crippen MR) is 98.3 cm³/mol. The topological polar surface area (TPSA) is 32.3 Å². The number of hydrogen-bond donors (Lipinski definition) is 1. The van der Waals surface area contributed by atoms with Gasteiger partial charge in [0.15, 0.2) is 0 Å². The molecule has 0 unspecified atom stereocenters. The van der Waals surface area contributed by atoms with Crippen LogP contribution < -0.4 is 10.2 Å². The number of thioether (sulfide) groups is 1. The van der Waals surface area contributed by atoms with Gasteiger partial charge in [-0.25, -0.2) is 4.39 Å². The van der Waals surface area contributed by atoms with E-state index in [2.05, 4.69) is 10.2 Å². The average Bonchev–Trinajstić information content (AvgIpc) is 2.62. The van der Waals surface area contributed by atoms with Crippen molar-refractivity contribution >= 4 is 29.0 Å². The van der Waals surface area contributed by atoms with E-state index in [1.807, 2.05) is 30.3 Å². The first-order chi connectivity index (χ1) is 11.7. The summed E-state index contributed by atoms with van der Waals surface area (Å²) < 4.78 is 14.3. The summed E-state index contributed by atoms with van der Waals surface area (Å²) in [6.07, 6.45) is 3.43. The average molecular weight is 344 g/mol. The Labute approximate surface area is 146 Å². The molecule has 0 aliphatic carbocycles. The van der Waals surface area contributed by atoms with Gasteiger partial charge < -0.3 is 10.2 Å². The number of anilines is 2. The summed E-state index contributed by atoms with van der Waals surface area (Å²) in [6, 6.07) is 14.7. The van der Waals surface area contributed by atoms with Crippen molar-refractivity contribution in [2.24, 2.45) is 0 Å². The molecule has 0 radical (unpaired) electrons. The number of nitrogens with one attached hydrogen (secondary N) is 1. The summed E-state index contributed by atoms with van der Waals surface area (Å²) in [6.45, 7) is 1.80. The van der Waals surface area contributed by atoms with Crippen LogP contribution in [0, 0.1) is 5.82 Å². The molecule has 2 aromatic rings. The standard InChI is InChI=1S/C19H21FN2OS/c20-17-13-15(9-10-18(17)22-11-5-2-6-12-22)21-19(23)14-24-16-7-3-1-4-8-16/h1,3-4,7-10,13H,2,5-6,11-12,14H2,(H,21,23). The van der Waals surface area contributed by atoms with E-state index in [0.717, 1.165) is 30.8 Å². The quantitative estimate of drug-likeness (QED) is 0.808. The molecule has 0 spiro atoms.